The van der Waals surface area contributed by atoms with Crippen LogP contribution in [0.3, 0.4) is 0 Å². The van der Waals surface area contributed by atoms with Gasteiger partial charge >= 0.3 is 0 Å². The van der Waals surface area contributed by atoms with Crippen LogP contribution in [0.4, 0.5) is 17.3 Å². The van der Waals surface area contributed by atoms with E-state index in [9.17, 15) is 0 Å². The highest BCUT2D eigenvalue weighted by Gasteiger charge is 2.24. The number of benzene rings is 1. The first-order chi connectivity index (χ1) is 7.36. The Morgan fingerprint density at radius 1 is 1.27 bits per heavy atom. The van der Waals surface area contributed by atoms with E-state index in [0.717, 1.165) is 18.7 Å². The predicted molar refractivity (Wildman–Crippen MR) is 55.9 cm³/mol. The van der Waals surface area contributed by atoms with Crippen LogP contribution in [-0.2, 0) is 6.42 Å². The molecule has 1 aromatic heterocycles. The highest BCUT2D eigenvalue weighted by atomic mass is 16.6. The van der Waals surface area contributed by atoms with E-state index in [1.807, 2.05) is 17.0 Å². The van der Waals surface area contributed by atoms with Crippen LogP contribution < -0.4 is 10.6 Å². The highest BCUT2D eigenvalue weighted by molar-refractivity contribution is 5.72. The summed E-state index contributed by atoms with van der Waals surface area (Å²) >= 11 is 0. The molecular formula is C10H10N4O. The maximum Gasteiger partial charge on any atom is 0.222 e. The van der Waals surface area contributed by atoms with Crippen LogP contribution in [-0.4, -0.2) is 16.9 Å². The van der Waals surface area contributed by atoms with Crippen molar-refractivity contribution in [2.24, 2.45) is 0 Å². The maximum absolute atomic E-state index is 5.67. The third-order valence-corrected chi connectivity index (χ3v) is 2.64. The summed E-state index contributed by atoms with van der Waals surface area (Å²) in [6.45, 7) is 0.873. The number of hydrogen-bond donors (Lipinski definition) is 1. The summed E-state index contributed by atoms with van der Waals surface area (Å²) in [4.78, 5) is 2.03. The molecule has 2 aromatic rings. The minimum absolute atomic E-state index is 0.340. The molecule has 0 radical (unpaired) electrons. The zero-order chi connectivity index (χ0) is 10.3. The van der Waals surface area contributed by atoms with Crippen molar-refractivity contribution >= 4 is 17.3 Å². The lowest BCUT2D eigenvalue weighted by molar-refractivity contribution is 0.310. The Morgan fingerprint density at radius 2 is 2.13 bits per heavy atom. The summed E-state index contributed by atoms with van der Waals surface area (Å²) in [5.41, 5.74) is 8.11. The van der Waals surface area contributed by atoms with E-state index in [0.29, 0.717) is 11.6 Å². The second-order valence-corrected chi connectivity index (χ2v) is 3.50. The lowest BCUT2D eigenvalue weighted by atomic mass is 10.2. The van der Waals surface area contributed by atoms with Gasteiger partial charge in [0.1, 0.15) is 0 Å². The van der Waals surface area contributed by atoms with Gasteiger partial charge in [-0.25, -0.2) is 4.63 Å². The molecule has 1 aliphatic heterocycles. The smallest absolute Gasteiger partial charge is 0.222 e. The lowest BCUT2D eigenvalue weighted by Crippen LogP contribution is -2.15. The quantitative estimate of drug-likeness (QED) is 0.755. The van der Waals surface area contributed by atoms with Crippen molar-refractivity contribution < 1.29 is 4.63 Å². The summed E-state index contributed by atoms with van der Waals surface area (Å²) < 4.78 is 4.61. The van der Waals surface area contributed by atoms with E-state index in [-0.39, 0.29) is 0 Å². The van der Waals surface area contributed by atoms with Crippen molar-refractivity contribution in [3.05, 3.63) is 29.8 Å². The number of rotatable bonds is 1. The van der Waals surface area contributed by atoms with Gasteiger partial charge in [-0.05, 0) is 28.4 Å². The number of aromatic nitrogens is 2. The summed E-state index contributed by atoms with van der Waals surface area (Å²) in [6, 6.07) is 8.20. The van der Waals surface area contributed by atoms with Crippen LogP contribution >= 0.6 is 0 Å². The molecule has 0 unspecified atom stereocenters. The monoisotopic (exact) mass is 202 g/mol. The highest BCUT2D eigenvalue weighted by Crippen LogP contribution is 2.34. The van der Waals surface area contributed by atoms with Gasteiger partial charge in [0.15, 0.2) is 0 Å². The fraction of sp³-hybridized carbons (Fsp3) is 0.200. The third-order valence-electron chi connectivity index (χ3n) is 2.64. The number of nitrogen functional groups attached to an aromatic ring is 1. The second kappa shape index (κ2) is 2.98. The van der Waals surface area contributed by atoms with E-state index in [2.05, 4.69) is 27.1 Å². The first kappa shape index (κ1) is 8.28. The minimum Gasteiger partial charge on any atom is -0.378 e. The van der Waals surface area contributed by atoms with E-state index in [1.54, 1.807) is 0 Å². The van der Waals surface area contributed by atoms with Gasteiger partial charge in [0, 0.05) is 12.2 Å². The Morgan fingerprint density at radius 3 is 2.93 bits per heavy atom. The van der Waals surface area contributed by atoms with Gasteiger partial charge in [0.2, 0.25) is 11.6 Å². The van der Waals surface area contributed by atoms with Crippen molar-refractivity contribution in [3.63, 3.8) is 0 Å². The summed E-state index contributed by atoms with van der Waals surface area (Å²) in [6.07, 6.45) is 1.00. The molecule has 0 aliphatic carbocycles. The van der Waals surface area contributed by atoms with Gasteiger partial charge in [0.25, 0.3) is 0 Å². The molecule has 2 N–H and O–H groups in total. The summed E-state index contributed by atoms with van der Waals surface area (Å²) in [5.74, 6) is 0.951. The Bertz CT molecular complexity index is 494. The molecule has 3 rings (SSSR count). The Kier molecular flexibility index (Phi) is 1.65. The molecule has 0 saturated heterocycles. The third kappa shape index (κ3) is 1.16. The molecule has 0 bridgehead atoms. The lowest BCUT2D eigenvalue weighted by Gasteiger charge is -2.14. The first-order valence-corrected chi connectivity index (χ1v) is 4.80. The molecule has 0 spiro atoms. The molecule has 0 fully saturated rings. The Balaban J connectivity index is 2.08. The molecule has 0 atom stereocenters. The average molecular weight is 202 g/mol. The molecule has 0 amide bonds. The van der Waals surface area contributed by atoms with Crippen LogP contribution in [0.1, 0.15) is 5.56 Å². The van der Waals surface area contributed by atoms with Crippen molar-refractivity contribution in [2.75, 3.05) is 17.2 Å². The molecule has 5 nitrogen and oxygen atoms in total. The normalized spacial score (nSPS) is 14.3. The van der Waals surface area contributed by atoms with E-state index < -0.39 is 0 Å². The zero-order valence-corrected chi connectivity index (χ0v) is 8.05. The molecule has 2 heterocycles. The van der Waals surface area contributed by atoms with Gasteiger partial charge in [-0.15, -0.1) is 0 Å². The molecule has 76 valence electrons. The van der Waals surface area contributed by atoms with E-state index in [4.69, 9.17) is 5.73 Å². The van der Waals surface area contributed by atoms with Crippen LogP contribution in [0, 0.1) is 0 Å². The van der Waals surface area contributed by atoms with E-state index >= 15 is 0 Å². The van der Waals surface area contributed by atoms with Crippen LogP contribution in [0.2, 0.25) is 0 Å². The number of fused-ring (bicyclic) bond motifs is 1. The summed E-state index contributed by atoms with van der Waals surface area (Å²) in [5, 5.41) is 7.40. The topological polar surface area (TPSA) is 68.2 Å². The largest absolute Gasteiger partial charge is 0.378 e. The van der Waals surface area contributed by atoms with Gasteiger partial charge in [-0.2, -0.15) is 0 Å². The zero-order valence-electron chi connectivity index (χ0n) is 8.05. The Hall–Kier alpha value is -2.04. The predicted octanol–water partition coefficient (Wildman–Crippen LogP) is 1.35. The standard InChI is InChI=1S/C10H10N4O/c11-9-10(13-15-12-9)14-6-5-7-3-1-2-4-8(7)14/h1-4H,5-6H2,(H2,11,12). The molecule has 1 aliphatic rings. The van der Waals surface area contributed by atoms with Crippen molar-refractivity contribution in [2.45, 2.75) is 6.42 Å². The molecule has 1 aromatic carbocycles. The van der Waals surface area contributed by atoms with Crippen molar-refractivity contribution in [1.29, 1.82) is 0 Å². The second-order valence-electron chi connectivity index (χ2n) is 3.50. The van der Waals surface area contributed by atoms with Gasteiger partial charge in [-0.1, -0.05) is 18.2 Å². The maximum atomic E-state index is 5.67. The fourth-order valence-electron chi connectivity index (χ4n) is 1.94. The SMILES string of the molecule is Nc1nonc1N1CCc2ccccc21. The first-order valence-electron chi connectivity index (χ1n) is 4.80. The number of para-hydroxylation sites is 1. The molecule has 15 heavy (non-hydrogen) atoms. The number of anilines is 3. The van der Waals surface area contributed by atoms with Crippen LogP contribution in [0.5, 0.6) is 0 Å². The van der Waals surface area contributed by atoms with Crippen molar-refractivity contribution in [1.82, 2.24) is 10.3 Å². The van der Waals surface area contributed by atoms with Crippen molar-refractivity contribution in [3.8, 4) is 0 Å². The fourth-order valence-corrected chi connectivity index (χ4v) is 1.94. The van der Waals surface area contributed by atoms with Crippen LogP contribution in [0.25, 0.3) is 0 Å². The van der Waals surface area contributed by atoms with Gasteiger partial charge in [0.05, 0.1) is 0 Å². The number of nitrogens with zero attached hydrogens (tertiary/aromatic N) is 3. The minimum atomic E-state index is 0.340. The van der Waals surface area contributed by atoms with E-state index in [1.165, 1.54) is 5.56 Å². The molecule has 0 saturated carbocycles. The number of nitrogens with two attached hydrogens (primary N) is 1. The van der Waals surface area contributed by atoms with Gasteiger partial charge in [-0.3, -0.25) is 0 Å². The number of hydrogen-bond acceptors (Lipinski definition) is 5. The Labute approximate surface area is 86.4 Å². The molecular weight excluding hydrogens is 192 g/mol. The van der Waals surface area contributed by atoms with Crippen LogP contribution in [0.15, 0.2) is 28.9 Å². The molecule has 5 heteroatoms. The average Bonchev–Trinajstić information content (AvgIpc) is 2.83. The van der Waals surface area contributed by atoms with Gasteiger partial charge < -0.3 is 10.6 Å². The summed E-state index contributed by atoms with van der Waals surface area (Å²) in [7, 11) is 0.